The SMILES string of the molecule is COC(=O)/C=C1/c2ccccc2C(=O)N2CCCC[C@H]12. The van der Waals surface area contributed by atoms with E-state index in [9.17, 15) is 9.59 Å². The van der Waals surface area contributed by atoms with E-state index in [1.807, 2.05) is 29.2 Å². The molecule has 1 atom stereocenters. The van der Waals surface area contributed by atoms with E-state index >= 15 is 0 Å². The molecule has 1 aromatic rings. The Kier molecular flexibility index (Phi) is 3.30. The fourth-order valence-electron chi connectivity index (χ4n) is 3.11. The second-order valence-corrected chi connectivity index (χ2v) is 5.18. The Labute approximate surface area is 118 Å². The molecule has 20 heavy (non-hydrogen) atoms. The van der Waals surface area contributed by atoms with Crippen molar-refractivity contribution < 1.29 is 14.3 Å². The molecule has 2 aliphatic heterocycles. The van der Waals surface area contributed by atoms with Gasteiger partial charge in [-0.1, -0.05) is 18.2 Å². The van der Waals surface area contributed by atoms with Crippen molar-refractivity contribution >= 4 is 17.4 Å². The third-order valence-electron chi connectivity index (χ3n) is 4.07. The minimum absolute atomic E-state index is 0.00486. The van der Waals surface area contributed by atoms with Crippen molar-refractivity contribution in [3.63, 3.8) is 0 Å². The minimum Gasteiger partial charge on any atom is -0.466 e. The molecule has 0 aromatic heterocycles. The number of piperidine rings is 1. The van der Waals surface area contributed by atoms with Crippen LogP contribution in [-0.4, -0.2) is 36.5 Å². The first-order valence-corrected chi connectivity index (χ1v) is 6.92. The van der Waals surface area contributed by atoms with Gasteiger partial charge in [0.15, 0.2) is 0 Å². The molecule has 1 fully saturated rings. The number of amides is 1. The summed E-state index contributed by atoms with van der Waals surface area (Å²) in [5.41, 5.74) is 2.46. The largest absolute Gasteiger partial charge is 0.466 e. The lowest BCUT2D eigenvalue weighted by Gasteiger charge is -2.41. The van der Waals surface area contributed by atoms with Crippen LogP contribution in [0.1, 0.15) is 35.2 Å². The Hall–Kier alpha value is -2.10. The van der Waals surface area contributed by atoms with Crippen LogP contribution in [0.5, 0.6) is 0 Å². The number of methoxy groups -OCH3 is 1. The molecule has 0 N–H and O–H groups in total. The van der Waals surface area contributed by atoms with Crippen molar-refractivity contribution in [1.29, 1.82) is 0 Å². The third kappa shape index (κ3) is 2.01. The Bertz CT molecular complexity index is 591. The lowest BCUT2D eigenvalue weighted by atomic mass is 9.83. The van der Waals surface area contributed by atoms with E-state index in [2.05, 4.69) is 0 Å². The quantitative estimate of drug-likeness (QED) is 0.581. The normalized spacial score (nSPS) is 23.2. The van der Waals surface area contributed by atoms with E-state index in [0.29, 0.717) is 5.56 Å². The summed E-state index contributed by atoms with van der Waals surface area (Å²) in [7, 11) is 1.37. The number of ether oxygens (including phenoxy) is 1. The van der Waals surface area contributed by atoms with E-state index < -0.39 is 0 Å². The van der Waals surface area contributed by atoms with Crippen molar-refractivity contribution in [2.75, 3.05) is 13.7 Å². The minimum atomic E-state index is -0.366. The van der Waals surface area contributed by atoms with Crippen LogP contribution < -0.4 is 0 Å². The summed E-state index contributed by atoms with van der Waals surface area (Å²) >= 11 is 0. The Morgan fingerprint density at radius 2 is 2.05 bits per heavy atom. The molecule has 4 nitrogen and oxygen atoms in total. The molecule has 2 heterocycles. The molecule has 1 aromatic carbocycles. The predicted octanol–water partition coefficient (Wildman–Crippen LogP) is 2.25. The lowest BCUT2D eigenvalue weighted by Crippen LogP contribution is -2.47. The van der Waals surface area contributed by atoms with Crippen LogP contribution in [-0.2, 0) is 9.53 Å². The second-order valence-electron chi connectivity index (χ2n) is 5.18. The molecule has 0 unspecified atom stereocenters. The first-order chi connectivity index (χ1) is 9.72. The van der Waals surface area contributed by atoms with Crippen molar-refractivity contribution in [2.24, 2.45) is 0 Å². The van der Waals surface area contributed by atoms with Gasteiger partial charge in [-0.05, 0) is 36.5 Å². The van der Waals surface area contributed by atoms with E-state index in [0.717, 1.165) is 36.9 Å². The molecule has 0 bridgehead atoms. The number of hydrogen-bond acceptors (Lipinski definition) is 3. The van der Waals surface area contributed by atoms with E-state index in [4.69, 9.17) is 4.74 Å². The van der Waals surface area contributed by atoms with Gasteiger partial charge >= 0.3 is 5.97 Å². The topological polar surface area (TPSA) is 46.6 Å². The number of carbonyl (C=O) groups excluding carboxylic acids is 2. The fraction of sp³-hybridized carbons (Fsp3) is 0.375. The van der Waals surface area contributed by atoms with Crippen LogP contribution in [0.3, 0.4) is 0 Å². The number of esters is 1. The van der Waals surface area contributed by atoms with Crippen molar-refractivity contribution in [3.8, 4) is 0 Å². The molecule has 1 saturated heterocycles. The maximum Gasteiger partial charge on any atom is 0.330 e. The van der Waals surface area contributed by atoms with Crippen LogP contribution in [0.15, 0.2) is 30.3 Å². The number of rotatable bonds is 1. The van der Waals surface area contributed by atoms with Gasteiger partial charge in [-0.25, -0.2) is 4.79 Å². The molecular weight excluding hydrogens is 254 g/mol. The van der Waals surface area contributed by atoms with Crippen LogP contribution in [0.2, 0.25) is 0 Å². The maximum absolute atomic E-state index is 12.5. The average Bonchev–Trinajstić information content (AvgIpc) is 2.51. The summed E-state index contributed by atoms with van der Waals surface area (Å²) in [5, 5.41) is 0. The van der Waals surface area contributed by atoms with Gasteiger partial charge in [0.1, 0.15) is 0 Å². The smallest absolute Gasteiger partial charge is 0.330 e. The Morgan fingerprint density at radius 1 is 1.30 bits per heavy atom. The molecule has 0 aliphatic carbocycles. The summed E-state index contributed by atoms with van der Waals surface area (Å²) in [6.45, 7) is 0.760. The van der Waals surface area contributed by atoms with E-state index in [-0.39, 0.29) is 17.9 Å². The average molecular weight is 271 g/mol. The molecule has 0 spiro atoms. The van der Waals surface area contributed by atoms with Gasteiger partial charge in [0.2, 0.25) is 0 Å². The molecule has 3 rings (SSSR count). The summed E-state index contributed by atoms with van der Waals surface area (Å²) in [4.78, 5) is 26.1. The van der Waals surface area contributed by atoms with E-state index in [1.165, 1.54) is 13.2 Å². The van der Waals surface area contributed by atoms with Crippen molar-refractivity contribution in [3.05, 3.63) is 41.5 Å². The summed E-state index contributed by atoms with van der Waals surface area (Å²) < 4.78 is 4.76. The molecule has 1 amide bonds. The number of benzene rings is 1. The van der Waals surface area contributed by atoms with Gasteiger partial charge < -0.3 is 9.64 Å². The molecule has 2 aliphatic rings. The summed E-state index contributed by atoms with van der Waals surface area (Å²) in [5.74, 6) is -0.290. The molecule has 0 radical (unpaired) electrons. The first kappa shape index (κ1) is 12.9. The predicted molar refractivity (Wildman–Crippen MR) is 75.1 cm³/mol. The molecule has 104 valence electrons. The summed E-state index contributed by atoms with van der Waals surface area (Å²) in [6, 6.07) is 7.50. The number of fused-ring (bicyclic) bond motifs is 2. The highest BCUT2D eigenvalue weighted by atomic mass is 16.5. The molecular formula is C16H17NO3. The highest BCUT2D eigenvalue weighted by Gasteiger charge is 2.37. The number of nitrogens with zero attached hydrogens (tertiary/aromatic N) is 1. The number of hydrogen-bond donors (Lipinski definition) is 0. The van der Waals surface area contributed by atoms with Crippen molar-refractivity contribution in [2.45, 2.75) is 25.3 Å². The van der Waals surface area contributed by atoms with Gasteiger partial charge in [0, 0.05) is 18.2 Å². The van der Waals surface area contributed by atoms with Crippen molar-refractivity contribution in [1.82, 2.24) is 4.90 Å². The molecule has 0 saturated carbocycles. The third-order valence-corrected chi connectivity index (χ3v) is 4.07. The molecule has 4 heteroatoms. The Morgan fingerprint density at radius 3 is 2.80 bits per heavy atom. The lowest BCUT2D eigenvalue weighted by molar-refractivity contribution is -0.134. The van der Waals surface area contributed by atoms with Gasteiger partial charge in [-0.15, -0.1) is 0 Å². The van der Waals surface area contributed by atoms with Gasteiger partial charge in [0.25, 0.3) is 5.91 Å². The highest BCUT2D eigenvalue weighted by molar-refractivity contribution is 6.06. The van der Waals surface area contributed by atoms with Crippen LogP contribution in [0, 0.1) is 0 Å². The van der Waals surface area contributed by atoms with Gasteiger partial charge in [-0.2, -0.15) is 0 Å². The zero-order valence-corrected chi connectivity index (χ0v) is 11.5. The zero-order chi connectivity index (χ0) is 14.1. The van der Waals surface area contributed by atoms with Crippen LogP contribution in [0.25, 0.3) is 5.57 Å². The maximum atomic E-state index is 12.5. The highest BCUT2D eigenvalue weighted by Crippen LogP contribution is 2.37. The Balaban J connectivity index is 2.14. The standard InChI is InChI=1S/C16H17NO3/c1-20-15(18)10-13-11-6-2-3-7-12(11)16(19)17-9-5-4-8-14(13)17/h2-3,6-7,10,14H,4-5,8-9H2,1H3/b13-10-/t14-/m1/s1. The van der Waals surface area contributed by atoms with Gasteiger partial charge in [-0.3, -0.25) is 4.79 Å². The monoisotopic (exact) mass is 271 g/mol. The summed E-state index contributed by atoms with van der Waals surface area (Å²) in [6.07, 6.45) is 4.54. The zero-order valence-electron chi connectivity index (χ0n) is 11.5. The van der Waals surface area contributed by atoms with E-state index in [1.54, 1.807) is 0 Å². The number of carbonyl (C=O) groups is 2. The van der Waals surface area contributed by atoms with Crippen LogP contribution in [0.4, 0.5) is 0 Å². The first-order valence-electron chi connectivity index (χ1n) is 6.92. The van der Waals surface area contributed by atoms with Crippen LogP contribution >= 0.6 is 0 Å². The second kappa shape index (κ2) is 5.12. The van der Waals surface area contributed by atoms with Gasteiger partial charge in [0.05, 0.1) is 13.2 Å². The fourth-order valence-corrected chi connectivity index (χ4v) is 3.11.